The lowest BCUT2D eigenvalue weighted by Crippen LogP contribution is -2.49. The molecule has 0 radical (unpaired) electrons. The lowest BCUT2D eigenvalue weighted by Gasteiger charge is -2.56. The maximum atomic E-state index is 4.24. The highest BCUT2D eigenvalue weighted by Gasteiger charge is 2.54. The Kier molecular flexibility index (Phi) is 4.46. The lowest BCUT2D eigenvalue weighted by molar-refractivity contribution is -0.0482. The van der Waals surface area contributed by atoms with E-state index in [0.717, 1.165) is 35.6 Å². The molecule has 0 aliphatic heterocycles. The van der Waals surface area contributed by atoms with Crippen LogP contribution in [0.5, 0.6) is 0 Å². The SMILES string of the molecule is CN(C)[C@H]1CC[C@H]2[C@@H](CC[C@@H]3[C@@H]2CC[C@]2(C)C(c4ccncc4)=CC[C@@H]32)C1. The van der Waals surface area contributed by atoms with Crippen LogP contribution in [-0.4, -0.2) is 30.0 Å². The molecule has 0 unspecified atom stereocenters. The van der Waals surface area contributed by atoms with Crippen molar-refractivity contribution in [2.75, 3.05) is 14.1 Å². The molecule has 1 heterocycles. The molecule has 1 aromatic heterocycles. The first-order valence-electron chi connectivity index (χ1n) is 11.4. The predicted octanol–water partition coefficient (Wildman–Crippen LogP) is 5.66. The largest absolute Gasteiger partial charge is 0.306 e. The van der Waals surface area contributed by atoms with Gasteiger partial charge in [-0.15, -0.1) is 0 Å². The standard InChI is InChI=1S/C25H36N2/c1-25-13-10-21-20-7-5-19(27(2)3)16-18(20)4-6-22(21)24(25)9-8-23(25)17-11-14-26-15-12-17/h8,11-12,14-15,18-22,24H,4-7,9-10,13,16H2,1-3H3/t18-,19-,20-,21+,22+,24-,25+/m0/s1. The average molecular weight is 365 g/mol. The summed E-state index contributed by atoms with van der Waals surface area (Å²) in [6, 6.07) is 5.29. The summed E-state index contributed by atoms with van der Waals surface area (Å²) in [5, 5.41) is 0. The fourth-order valence-corrected chi connectivity index (χ4v) is 7.84. The lowest BCUT2D eigenvalue weighted by atomic mass is 9.49. The van der Waals surface area contributed by atoms with Gasteiger partial charge in [-0.25, -0.2) is 0 Å². The van der Waals surface area contributed by atoms with Gasteiger partial charge in [0.1, 0.15) is 0 Å². The van der Waals surface area contributed by atoms with Gasteiger partial charge in [0.05, 0.1) is 0 Å². The van der Waals surface area contributed by atoms with E-state index in [2.05, 4.69) is 49.1 Å². The number of aromatic nitrogens is 1. The zero-order chi connectivity index (χ0) is 18.6. The Bertz CT molecular complexity index is 708. The summed E-state index contributed by atoms with van der Waals surface area (Å²) in [4.78, 5) is 6.73. The molecule has 0 bridgehead atoms. The smallest absolute Gasteiger partial charge is 0.0273 e. The first kappa shape index (κ1) is 17.9. The number of pyridine rings is 1. The van der Waals surface area contributed by atoms with Gasteiger partial charge in [0.15, 0.2) is 0 Å². The summed E-state index contributed by atoms with van der Waals surface area (Å²) in [7, 11) is 4.57. The Morgan fingerprint density at radius 2 is 1.74 bits per heavy atom. The van der Waals surface area contributed by atoms with Crippen LogP contribution in [-0.2, 0) is 0 Å². The highest BCUT2D eigenvalue weighted by atomic mass is 15.1. The normalized spacial score (nSPS) is 43.6. The van der Waals surface area contributed by atoms with E-state index < -0.39 is 0 Å². The second-order valence-corrected chi connectivity index (χ2v) is 10.4. The van der Waals surface area contributed by atoms with E-state index >= 15 is 0 Å². The summed E-state index contributed by atoms with van der Waals surface area (Å²) in [6.45, 7) is 2.59. The first-order valence-corrected chi connectivity index (χ1v) is 11.4. The van der Waals surface area contributed by atoms with Gasteiger partial charge < -0.3 is 4.90 Å². The molecule has 4 aliphatic rings. The van der Waals surface area contributed by atoms with Crippen LogP contribution >= 0.6 is 0 Å². The van der Waals surface area contributed by atoms with E-state index in [9.17, 15) is 0 Å². The van der Waals surface area contributed by atoms with Crippen molar-refractivity contribution >= 4 is 5.57 Å². The third-order valence-electron chi connectivity index (χ3n) is 9.23. The summed E-state index contributed by atoms with van der Waals surface area (Å²) in [5.74, 6) is 4.89. The molecule has 0 N–H and O–H groups in total. The molecule has 146 valence electrons. The van der Waals surface area contributed by atoms with E-state index in [-0.39, 0.29) is 0 Å². The fraction of sp³-hybridized carbons (Fsp3) is 0.720. The molecule has 3 saturated carbocycles. The number of hydrogen-bond donors (Lipinski definition) is 0. The Morgan fingerprint density at radius 3 is 2.52 bits per heavy atom. The van der Waals surface area contributed by atoms with Gasteiger partial charge in [-0.05, 0) is 124 Å². The summed E-state index contributed by atoms with van der Waals surface area (Å²) < 4.78 is 0. The third kappa shape index (κ3) is 2.82. The van der Waals surface area contributed by atoms with Crippen molar-refractivity contribution < 1.29 is 0 Å². The summed E-state index contributed by atoms with van der Waals surface area (Å²) in [6.07, 6.45) is 18.1. The predicted molar refractivity (Wildman–Crippen MR) is 112 cm³/mol. The topological polar surface area (TPSA) is 16.1 Å². The third-order valence-corrected chi connectivity index (χ3v) is 9.23. The highest BCUT2D eigenvalue weighted by Crippen LogP contribution is 2.64. The van der Waals surface area contributed by atoms with E-state index in [1.807, 2.05) is 12.4 Å². The Balaban J connectivity index is 1.36. The van der Waals surface area contributed by atoms with Crippen LogP contribution < -0.4 is 0 Å². The van der Waals surface area contributed by atoms with Gasteiger partial charge in [-0.1, -0.05) is 13.0 Å². The zero-order valence-corrected chi connectivity index (χ0v) is 17.4. The number of rotatable bonds is 2. The minimum Gasteiger partial charge on any atom is -0.306 e. The van der Waals surface area contributed by atoms with Crippen LogP contribution in [0.2, 0.25) is 0 Å². The molecule has 1 aromatic rings. The molecular weight excluding hydrogens is 328 g/mol. The number of hydrogen-bond acceptors (Lipinski definition) is 2. The molecule has 2 nitrogen and oxygen atoms in total. The van der Waals surface area contributed by atoms with Gasteiger partial charge in [0.2, 0.25) is 0 Å². The van der Waals surface area contributed by atoms with E-state index in [0.29, 0.717) is 5.41 Å². The van der Waals surface area contributed by atoms with Crippen LogP contribution in [0.25, 0.3) is 5.57 Å². The highest BCUT2D eigenvalue weighted by molar-refractivity contribution is 5.72. The molecule has 7 atom stereocenters. The minimum absolute atomic E-state index is 0.399. The van der Waals surface area contributed by atoms with Gasteiger partial charge >= 0.3 is 0 Å². The molecule has 5 rings (SSSR count). The molecule has 0 spiro atoms. The first-order chi connectivity index (χ1) is 13.1. The van der Waals surface area contributed by atoms with Crippen molar-refractivity contribution in [2.45, 2.75) is 64.3 Å². The number of allylic oxidation sites excluding steroid dienone is 2. The van der Waals surface area contributed by atoms with Gasteiger partial charge in [0, 0.05) is 18.4 Å². The number of fused-ring (bicyclic) bond motifs is 5. The van der Waals surface area contributed by atoms with Gasteiger partial charge in [0.25, 0.3) is 0 Å². The van der Waals surface area contributed by atoms with E-state index in [4.69, 9.17) is 0 Å². The molecule has 4 aliphatic carbocycles. The van der Waals surface area contributed by atoms with Crippen LogP contribution in [0.3, 0.4) is 0 Å². The van der Waals surface area contributed by atoms with E-state index in [1.54, 1.807) is 5.57 Å². The summed E-state index contributed by atoms with van der Waals surface area (Å²) >= 11 is 0. The van der Waals surface area contributed by atoms with Crippen LogP contribution in [0.4, 0.5) is 0 Å². The quantitative estimate of drug-likeness (QED) is 0.673. The van der Waals surface area contributed by atoms with Crippen molar-refractivity contribution in [1.82, 2.24) is 9.88 Å². The second kappa shape index (κ2) is 6.72. The van der Waals surface area contributed by atoms with Crippen molar-refractivity contribution in [1.29, 1.82) is 0 Å². The Morgan fingerprint density at radius 1 is 0.963 bits per heavy atom. The van der Waals surface area contributed by atoms with Crippen molar-refractivity contribution in [3.8, 4) is 0 Å². The molecule has 0 saturated heterocycles. The van der Waals surface area contributed by atoms with Crippen LogP contribution in [0, 0.1) is 35.0 Å². The molecule has 0 aromatic carbocycles. The summed E-state index contributed by atoms with van der Waals surface area (Å²) in [5.41, 5.74) is 3.45. The van der Waals surface area contributed by atoms with Crippen molar-refractivity contribution in [2.24, 2.45) is 35.0 Å². The van der Waals surface area contributed by atoms with Gasteiger partial charge in [-0.2, -0.15) is 0 Å². The zero-order valence-electron chi connectivity index (χ0n) is 17.4. The molecule has 27 heavy (non-hydrogen) atoms. The monoisotopic (exact) mass is 364 g/mol. The maximum absolute atomic E-state index is 4.24. The van der Waals surface area contributed by atoms with Crippen LogP contribution in [0.1, 0.15) is 63.9 Å². The Labute approximate surface area is 165 Å². The molecule has 0 amide bonds. The maximum Gasteiger partial charge on any atom is 0.0273 e. The molecule has 2 heteroatoms. The second-order valence-electron chi connectivity index (χ2n) is 10.4. The molecular formula is C25H36N2. The number of nitrogens with zero attached hydrogens (tertiary/aromatic N) is 2. The Hall–Kier alpha value is -1.15. The van der Waals surface area contributed by atoms with Crippen LogP contribution in [0.15, 0.2) is 30.6 Å². The van der Waals surface area contributed by atoms with E-state index in [1.165, 1.54) is 56.9 Å². The minimum atomic E-state index is 0.399. The van der Waals surface area contributed by atoms with Crippen molar-refractivity contribution in [3.63, 3.8) is 0 Å². The molecule has 3 fully saturated rings. The van der Waals surface area contributed by atoms with Gasteiger partial charge in [-0.3, -0.25) is 4.98 Å². The van der Waals surface area contributed by atoms with Crippen molar-refractivity contribution in [3.05, 3.63) is 36.2 Å². The average Bonchev–Trinajstić information content (AvgIpc) is 3.05. The fourth-order valence-electron chi connectivity index (χ4n) is 7.84.